The number of nitrogens with one attached hydrogen (secondary N) is 2. The lowest BCUT2D eigenvalue weighted by Crippen LogP contribution is -2.37. The number of anilines is 1. The number of hydrogen-bond donors (Lipinski definition) is 3. The number of hydrazine groups is 1. The number of pyridine rings is 1. The van der Waals surface area contributed by atoms with Crippen molar-refractivity contribution in [1.82, 2.24) is 10.3 Å². The molecule has 6 nitrogen and oxygen atoms in total. The zero-order valence-corrected chi connectivity index (χ0v) is 11.0. The van der Waals surface area contributed by atoms with Crippen molar-refractivity contribution in [1.29, 1.82) is 0 Å². The number of amides is 1. The molecule has 1 atom stereocenters. The SMILES string of the molecule is CCC(COC)NC(=O)c1cc(C)nc(NN)c1. The average Bonchev–Trinajstić information content (AvgIpc) is 2.37. The van der Waals surface area contributed by atoms with Crippen molar-refractivity contribution in [3.63, 3.8) is 0 Å². The van der Waals surface area contributed by atoms with Crippen LogP contribution in [-0.2, 0) is 4.74 Å². The highest BCUT2D eigenvalue weighted by molar-refractivity contribution is 5.95. The number of carbonyl (C=O) groups is 1. The second-order valence-corrected chi connectivity index (χ2v) is 4.06. The molecule has 0 aliphatic heterocycles. The third-order valence-corrected chi connectivity index (χ3v) is 2.56. The molecule has 4 N–H and O–H groups in total. The molecule has 0 saturated heterocycles. The lowest BCUT2D eigenvalue weighted by Gasteiger charge is -2.16. The second kappa shape index (κ2) is 6.93. The van der Waals surface area contributed by atoms with Crippen LogP contribution in [0.1, 0.15) is 29.4 Å². The van der Waals surface area contributed by atoms with Crippen molar-refractivity contribution < 1.29 is 9.53 Å². The summed E-state index contributed by atoms with van der Waals surface area (Å²) in [5.41, 5.74) is 3.70. The molecule has 6 heteroatoms. The normalized spacial score (nSPS) is 12.0. The van der Waals surface area contributed by atoms with Crippen molar-refractivity contribution in [3.8, 4) is 0 Å². The number of nitrogen functional groups attached to an aromatic ring is 1. The largest absolute Gasteiger partial charge is 0.383 e. The van der Waals surface area contributed by atoms with E-state index in [0.717, 1.165) is 12.1 Å². The van der Waals surface area contributed by atoms with Crippen LogP contribution < -0.4 is 16.6 Å². The molecule has 0 saturated carbocycles. The lowest BCUT2D eigenvalue weighted by atomic mass is 10.1. The summed E-state index contributed by atoms with van der Waals surface area (Å²) in [5.74, 6) is 5.62. The predicted octanol–water partition coefficient (Wildman–Crippen LogP) is 0.830. The van der Waals surface area contributed by atoms with Gasteiger partial charge < -0.3 is 15.5 Å². The van der Waals surface area contributed by atoms with Crippen LogP contribution >= 0.6 is 0 Å². The summed E-state index contributed by atoms with van der Waals surface area (Å²) in [7, 11) is 1.61. The van der Waals surface area contributed by atoms with Crippen LogP contribution in [-0.4, -0.2) is 30.6 Å². The average molecular weight is 252 g/mol. The van der Waals surface area contributed by atoms with E-state index in [4.69, 9.17) is 10.6 Å². The molecule has 1 rings (SSSR count). The Kier molecular flexibility index (Phi) is 5.54. The third-order valence-electron chi connectivity index (χ3n) is 2.56. The fourth-order valence-electron chi connectivity index (χ4n) is 1.61. The molecular weight excluding hydrogens is 232 g/mol. The van der Waals surface area contributed by atoms with E-state index in [2.05, 4.69) is 15.7 Å². The summed E-state index contributed by atoms with van der Waals surface area (Å²) < 4.78 is 5.04. The van der Waals surface area contributed by atoms with Gasteiger partial charge in [-0.3, -0.25) is 4.79 Å². The first-order valence-electron chi connectivity index (χ1n) is 5.85. The first kappa shape index (κ1) is 14.4. The second-order valence-electron chi connectivity index (χ2n) is 4.06. The van der Waals surface area contributed by atoms with Crippen LogP contribution in [0.3, 0.4) is 0 Å². The van der Waals surface area contributed by atoms with Gasteiger partial charge in [0, 0.05) is 18.4 Å². The van der Waals surface area contributed by atoms with Crippen molar-refractivity contribution >= 4 is 11.7 Å². The van der Waals surface area contributed by atoms with Gasteiger partial charge in [-0.2, -0.15) is 0 Å². The fraction of sp³-hybridized carbons (Fsp3) is 0.500. The number of carbonyl (C=O) groups excluding carboxylic acids is 1. The number of rotatable bonds is 6. The molecule has 0 radical (unpaired) electrons. The van der Waals surface area contributed by atoms with Gasteiger partial charge in [-0.1, -0.05) is 6.92 Å². The minimum atomic E-state index is -0.152. The molecule has 1 amide bonds. The van der Waals surface area contributed by atoms with Crippen LogP contribution in [0.5, 0.6) is 0 Å². The lowest BCUT2D eigenvalue weighted by molar-refractivity contribution is 0.0894. The first-order chi connectivity index (χ1) is 8.60. The van der Waals surface area contributed by atoms with Gasteiger partial charge >= 0.3 is 0 Å². The van der Waals surface area contributed by atoms with Gasteiger partial charge in [-0.15, -0.1) is 0 Å². The maximum Gasteiger partial charge on any atom is 0.251 e. The molecule has 1 aromatic rings. The molecule has 100 valence electrons. The van der Waals surface area contributed by atoms with E-state index in [-0.39, 0.29) is 11.9 Å². The highest BCUT2D eigenvalue weighted by Gasteiger charge is 2.13. The Labute approximate surface area is 107 Å². The van der Waals surface area contributed by atoms with Crippen molar-refractivity contribution in [2.45, 2.75) is 26.3 Å². The monoisotopic (exact) mass is 252 g/mol. The van der Waals surface area contributed by atoms with Crippen molar-refractivity contribution in [2.75, 3.05) is 19.1 Å². The summed E-state index contributed by atoms with van der Waals surface area (Å²) in [6.07, 6.45) is 0.811. The summed E-state index contributed by atoms with van der Waals surface area (Å²) in [4.78, 5) is 16.2. The summed E-state index contributed by atoms with van der Waals surface area (Å²) in [6, 6.07) is 3.34. The molecule has 0 aromatic carbocycles. The number of hydrogen-bond acceptors (Lipinski definition) is 5. The molecule has 0 aliphatic rings. The molecular formula is C12H20N4O2. The Morgan fingerprint density at radius 3 is 2.83 bits per heavy atom. The quantitative estimate of drug-likeness (QED) is 0.515. The smallest absolute Gasteiger partial charge is 0.251 e. The van der Waals surface area contributed by atoms with E-state index in [0.29, 0.717) is 18.0 Å². The van der Waals surface area contributed by atoms with Gasteiger partial charge in [0.15, 0.2) is 0 Å². The summed E-state index contributed by atoms with van der Waals surface area (Å²) in [6.45, 7) is 4.30. The topological polar surface area (TPSA) is 89.3 Å². The van der Waals surface area contributed by atoms with Crippen molar-refractivity contribution in [3.05, 3.63) is 23.4 Å². The van der Waals surface area contributed by atoms with E-state index in [1.54, 1.807) is 19.2 Å². The number of aromatic nitrogens is 1. The van der Waals surface area contributed by atoms with E-state index in [1.807, 2.05) is 13.8 Å². The fourth-order valence-corrected chi connectivity index (χ4v) is 1.61. The van der Waals surface area contributed by atoms with E-state index in [1.165, 1.54) is 0 Å². The first-order valence-corrected chi connectivity index (χ1v) is 5.85. The maximum atomic E-state index is 12.0. The van der Waals surface area contributed by atoms with Gasteiger partial charge in [0.2, 0.25) is 0 Å². The Hall–Kier alpha value is -1.66. The summed E-state index contributed by atoms with van der Waals surface area (Å²) in [5, 5.41) is 2.90. The van der Waals surface area contributed by atoms with E-state index in [9.17, 15) is 4.79 Å². The van der Waals surface area contributed by atoms with E-state index >= 15 is 0 Å². The molecule has 0 fully saturated rings. The Balaban J connectivity index is 2.79. The molecule has 0 aliphatic carbocycles. The number of nitrogens with zero attached hydrogens (tertiary/aromatic N) is 1. The van der Waals surface area contributed by atoms with Crippen LogP contribution in [0.15, 0.2) is 12.1 Å². The molecule has 1 heterocycles. The molecule has 0 spiro atoms. The number of nitrogens with two attached hydrogens (primary N) is 1. The number of ether oxygens (including phenoxy) is 1. The highest BCUT2D eigenvalue weighted by Crippen LogP contribution is 2.09. The molecule has 1 unspecified atom stereocenters. The zero-order chi connectivity index (χ0) is 13.5. The van der Waals surface area contributed by atoms with Crippen LogP contribution in [0.25, 0.3) is 0 Å². The third kappa shape index (κ3) is 3.97. The van der Waals surface area contributed by atoms with Crippen molar-refractivity contribution in [2.24, 2.45) is 5.84 Å². The number of methoxy groups -OCH3 is 1. The zero-order valence-electron chi connectivity index (χ0n) is 11.0. The predicted molar refractivity (Wildman–Crippen MR) is 70.2 cm³/mol. The Morgan fingerprint density at radius 1 is 1.56 bits per heavy atom. The van der Waals surface area contributed by atoms with Crippen LogP contribution in [0.4, 0.5) is 5.82 Å². The molecule has 18 heavy (non-hydrogen) atoms. The minimum Gasteiger partial charge on any atom is -0.383 e. The molecule has 1 aromatic heterocycles. The Bertz CT molecular complexity index is 409. The Morgan fingerprint density at radius 2 is 2.28 bits per heavy atom. The summed E-state index contributed by atoms with van der Waals surface area (Å²) >= 11 is 0. The standard InChI is InChI=1S/C12H20N4O2/c1-4-10(7-18-3)15-12(17)9-5-8(2)14-11(6-9)16-13/h5-6,10H,4,7,13H2,1-3H3,(H,14,16)(H,15,17). The van der Waals surface area contributed by atoms with Gasteiger partial charge in [-0.25, -0.2) is 10.8 Å². The van der Waals surface area contributed by atoms with Crippen LogP contribution in [0, 0.1) is 6.92 Å². The maximum absolute atomic E-state index is 12.0. The van der Waals surface area contributed by atoms with E-state index < -0.39 is 0 Å². The van der Waals surface area contributed by atoms with Crippen LogP contribution in [0.2, 0.25) is 0 Å². The van der Waals surface area contributed by atoms with Gasteiger partial charge in [0.1, 0.15) is 5.82 Å². The highest BCUT2D eigenvalue weighted by atomic mass is 16.5. The van der Waals surface area contributed by atoms with Gasteiger partial charge in [0.25, 0.3) is 5.91 Å². The van der Waals surface area contributed by atoms with Gasteiger partial charge in [-0.05, 0) is 25.5 Å². The minimum absolute atomic E-state index is 0.00487. The molecule has 0 bridgehead atoms. The van der Waals surface area contributed by atoms with Gasteiger partial charge in [0.05, 0.1) is 12.6 Å². The number of aryl methyl sites for hydroxylation is 1.